The fourth-order valence-electron chi connectivity index (χ4n) is 1.65. The summed E-state index contributed by atoms with van der Waals surface area (Å²) in [6.45, 7) is 6.76. The largest absolute Gasteiger partial charge is 0.465 e. The molecule has 1 amide bonds. The summed E-state index contributed by atoms with van der Waals surface area (Å²) >= 11 is 1.20. The number of nitrogens with zero attached hydrogens (tertiary/aromatic N) is 1. The number of aryl methyl sites for hydroxylation is 1. The van der Waals surface area contributed by atoms with Crippen LogP contribution in [0.3, 0.4) is 0 Å². The first-order chi connectivity index (χ1) is 9.67. The smallest absolute Gasteiger partial charge is 0.350 e. The summed E-state index contributed by atoms with van der Waals surface area (Å²) in [5, 5.41) is 0. The molecule has 0 saturated carbocycles. The third-order valence-corrected chi connectivity index (χ3v) is 3.38. The third-order valence-electron chi connectivity index (χ3n) is 2.36. The van der Waals surface area contributed by atoms with Crippen molar-refractivity contribution in [2.24, 2.45) is 0 Å². The Morgan fingerprint density at radius 2 is 2.00 bits per heavy atom. The summed E-state index contributed by atoms with van der Waals surface area (Å²) in [5.74, 6) is -1.09. The number of anilines is 1. The van der Waals surface area contributed by atoms with Gasteiger partial charge in [0.1, 0.15) is 17.0 Å². The molecular weight excluding hydrogens is 294 g/mol. The van der Waals surface area contributed by atoms with Gasteiger partial charge in [-0.25, -0.2) is 4.79 Å². The lowest BCUT2D eigenvalue weighted by atomic mass is 10.2. The van der Waals surface area contributed by atoms with Crippen molar-refractivity contribution >= 4 is 35.4 Å². The molecule has 1 aromatic rings. The van der Waals surface area contributed by atoms with E-state index in [-0.39, 0.29) is 11.4 Å². The average molecular weight is 313 g/mol. The number of ether oxygens (including phenoxy) is 2. The van der Waals surface area contributed by atoms with Crippen molar-refractivity contribution in [3.63, 3.8) is 0 Å². The fraction of sp³-hybridized carbons (Fsp3) is 0.500. The Kier molecular flexibility index (Phi) is 5.48. The molecule has 0 bridgehead atoms. The first kappa shape index (κ1) is 17.2. The number of hydrogen-bond donors (Lipinski definition) is 0. The van der Waals surface area contributed by atoms with Gasteiger partial charge in [0.25, 0.3) is 0 Å². The van der Waals surface area contributed by atoms with Crippen molar-refractivity contribution < 1.29 is 23.9 Å². The van der Waals surface area contributed by atoms with Gasteiger partial charge in [0, 0.05) is 4.88 Å². The molecule has 0 aliphatic heterocycles. The number of carbonyl (C=O) groups is 3. The number of rotatable bonds is 5. The fourth-order valence-corrected chi connectivity index (χ4v) is 2.59. The minimum absolute atomic E-state index is 0.263. The Bertz CT molecular complexity index is 544. The Morgan fingerprint density at radius 1 is 1.38 bits per heavy atom. The first-order valence-corrected chi connectivity index (χ1v) is 7.12. The second-order valence-electron chi connectivity index (χ2n) is 5.38. The lowest BCUT2D eigenvalue weighted by molar-refractivity contribution is -0.153. The van der Waals surface area contributed by atoms with Crippen LogP contribution in [0.1, 0.15) is 35.3 Å². The molecule has 6 nitrogen and oxygen atoms in total. The second-order valence-corrected chi connectivity index (χ2v) is 6.64. The normalized spacial score (nSPS) is 10.9. The van der Waals surface area contributed by atoms with Crippen LogP contribution >= 0.6 is 11.3 Å². The van der Waals surface area contributed by atoms with Gasteiger partial charge in [-0.2, -0.15) is 0 Å². The molecule has 0 radical (unpaired) electrons. The molecule has 0 aliphatic carbocycles. The Balaban J connectivity index is 2.98. The predicted octanol–water partition coefficient (Wildman–Crippen LogP) is 2.15. The maximum absolute atomic E-state index is 11.8. The number of thiophene rings is 1. The van der Waals surface area contributed by atoms with Gasteiger partial charge in [-0.15, -0.1) is 11.3 Å². The third kappa shape index (κ3) is 4.86. The molecular formula is C14H19NO5S. The van der Waals surface area contributed by atoms with Crippen LogP contribution < -0.4 is 4.90 Å². The summed E-state index contributed by atoms with van der Waals surface area (Å²) in [6, 6.07) is 1.66. The van der Waals surface area contributed by atoms with E-state index in [1.807, 2.05) is 0 Å². The van der Waals surface area contributed by atoms with Gasteiger partial charge in [-0.1, -0.05) is 0 Å². The molecule has 116 valence electrons. The predicted molar refractivity (Wildman–Crippen MR) is 79.7 cm³/mol. The molecule has 0 unspecified atom stereocenters. The highest BCUT2D eigenvalue weighted by Crippen LogP contribution is 2.30. The zero-order valence-corrected chi connectivity index (χ0v) is 13.6. The van der Waals surface area contributed by atoms with E-state index in [2.05, 4.69) is 4.74 Å². The van der Waals surface area contributed by atoms with Crippen LogP contribution in [0, 0.1) is 6.92 Å². The molecule has 21 heavy (non-hydrogen) atoms. The van der Waals surface area contributed by atoms with E-state index in [1.165, 1.54) is 18.4 Å². The molecule has 0 aliphatic rings. The molecule has 0 fully saturated rings. The van der Waals surface area contributed by atoms with Gasteiger partial charge in [-0.05, 0) is 33.8 Å². The van der Waals surface area contributed by atoms with Crippen molar-refractivity contribution in [1.82, 2.24) is 0 Å². The zero-order chi connectivity index (χ0) is 16.2. The molecule has 0 saturated heterocycles. The van der Waals surface area contributed by atoms with Crippen LogP contribution in [0.2, 0.25) is 0 Å². The highest BCUT2D eigenvalue weighted by molar-refractivity contribution is 7.14. The van der Waals surface area contributed by atoms with E-state index in [0.717, 1.165) is 9.78 Å². The summed E-state index contributed by atoms with van der Waals surface area (Å²) in [5.41, 5.74) is -0.285. The highest BCUT2D eigenvalue weighted by atomic mass is 32.1. The number of esters is 2. The van der Waals surface area contributed by atoms with Crippen molar-refractivity contribution in [3.8, 4) is 0 Å². The first-order valence-electron chi connectivity index (χ1n) is 6.30. The molecule has 0 N–H and O–H groups in total. The van der Waals surface area contributed by atoms with Crippen LogP contribution in [-0.4, -0.2) is 37.6 Å². The van der Waals surface area contributed by atoms with Crippen LogP contribution in [0.5, 0.6) is 0 Å². The van der Waals surface area contributed by atoms with Crippen LogP contribution in [0.4, 0.5) is 5.69 Å². The number of amides is 1. The van der Waals surface area contributed by atoms with Crippen LogP contribution in [0.15, 0.2) is 6.07 Å². The molecule has 1 heterocycles. The minimum atomic E-state index is -0.638. The van der Waals surface area contributed by atoms with Crippen LogP contribution in [-0.2, 0) is 19.1 Å². The SMILES string of the molecule is COC(=O)c1sc(C)cc1N(C=O)CC(=O)OC(C)(C)C. The maximum Gasteiger partial charge on any atom is 0.350 e. The molecule has 0 spiro atoms. The van der Waals surface area contributed by atoms with Gasteiger partial charge in [0.2, 0.25) is 6.41 Å². The lowest BCUT2D eigenvalue weighted by Gasteiger charge is -2.22. The van der Waals surface area contributed by atoms with Crippen molar-refractivity contribution in [2.75, 3.05) is 18.6 Å². The standard InChI is InChI=1S/C14H19NO5S/c1-9-6-10(12(21-9)13(18)19-5)15(8-16)7-11(17)20-14(2,3)4/h6,8H,7H2,1-5H3. The van der Waals surface area contributed by atoms with Gasteiger partial charge in [0.05, 0.1) is 12.8 Å². The average Bonchev–Trinajstić information content (AvgIpc) is 2.74. The number of methoxy groups -OCH3 is 1. The second kappa shape index (κ2) is 6.71. The Labute approximate surface area is 127 Å². The van der Waals surface area contributed by atoms with E-state index < -0.39 is 17.5 Å². The van der Waals surface area contributed by atoms with E-state index in [0.29, 0.717) is 12.1 Å². The summed E-state index contributed by atoms with van der Waals surface area (Å²) in [6.07, 6.45) is 0.498. The van der Waals surface area contributed by atoms with Gasteiger partial charge in [0.15, 0.2) is 0 Å². The topological polar surface area (TPSA) is 72.9 Å². The quantitative estimate of drug-likeness (QED) is 0.615. The van der Waals surface area contributed by atoms with Crippen molar-refractivity contribution in [2.45, 2.75) is 33.3 Å². The monoisotopic (exact) mass is 313 g/mol. The lowest BCUT2D eigenvalue weighted by Crippen LogP contribution is -2.34. The molecule has 7 heteroatoms. The molecule has 1 aromatic heterocycles. The van der Waals surface area contributed by atoms with E-state index in [1.54, 1.807) is 33.8 Å². The Morgan fingerprint density at radius 3 is 2.48 bits per heavy atom. The highest BCUT2D eigenvalue weighted by Gasteiger charge is 2.24. The zero-order valence-electron chi connectivity index (χ0n) is 12.8. The number of carbonyl (C=O) groups excluding carboxylic acids is 3. The Hall–Kier alpha value is -1.89. The van der Waals surface area contributed by atoms with E-state index in [9.17, 15) is 14.4 Å². The summed E-state index contributed by atoms with van der Waals surface area (Å²) in [4.78, 5) is 37.0. The summed E-state index contributed by atoms with van der Waals surface area (Å²) in [7, 11) is 1.26. The van der Waals surface area contributed by atoms with E-state index in [4.69, 9.17) is 4.74 Å². The maximum atomic E-state index is 11.8. The van der Waals surface area contributed by atoms with E-state index >= 15 is 0 Å². The number of hydrogen-bond acceptors (Lipinski definition) is 6. The van der Waals surface area contributed by atoms with Crippen LogP contribution in [0.25, 0.3) is 0 Å². The van der Waals surface area contributed by atoms with Crippen molar-refractivity contribution in [3.05, 3.63) is 15.8 Å². The van der Waals surface area contributed by atoms with Crippen molar-refractivity contribution in [1.29, 1.82) is 0 Å². The minimum Gasteiger partial charge on any atom is -0.465 e. The summed E-state index contributed by atoms with van der Waals surface area (Å²) < 4.78 is 9.86. The molecule has 1 rings (SSSR count). The molecule has 0 aromatic carbocycles. The molecule has 0 atom stereocenters. The van der Waals surface area contributed by atoms with Gasteiger partial charge in [-0.3, -0.25) is 9.59 Å². The van der Waals surface area contributed by atoms with Gasteiger partial charge < -0.3 is 14.4 Å². The van der Waals surface area contributed by atoms with Gasteiger partial charge >= 0.3 is 11.9 Å².